The summed E-state index contributed by atoms with van der Waals surface area (Å²) in [5, 5.41) is 25.2. The highest BCUT2D eigenvalue weighted by Gasteiger charge is 2.39. The van der Waals surface area contributed by atoms with Crippen molar-refractivity contribution < 1.29 is 64.8 Å². The van der Waals surface area contributed by atoms with Crippen molar-refractivity contribution >= 4 is 29.4 Å². The number of primary amides is 1. The number of nitrogen functional groups attached to an aromatic ring is 1. The number of nitrogens with zero attached hydrogens (tertiary/aromatic N) is 1. The minimum absolute atomic E-state index is 0.0536. The number of carboxylic acid groups (broad SMARTS) is 2. The van der Waals surface area contributed by atoms with E-state index in [-0.39, 0.29) is 23.3 Å². The molecule has 0 aliphatic rings. The first kappa shape index (κ1) is 42.8. The van der Waals surface area contributed by atoms with E-state index in [1.165, 1.54) is 6.07 Å². The lowest BCUT2D eigenvalue weighted by Gasteiger charge is -2.22. The normalized spacial score (nSPS) is 11.6. The Labute approximate surface area is 296 Å². The molecule has 0 saturated carbocycles. The van der Waals surface area contributed by atoms with Crippen molar-refractivity contribution in [3.05, 3.63) is 95.2 Å². The number of hydrogen-bond donors (Lipinski definition) is 7. The van der Waals surface area contributed by atoms with E-state index in [0.717, 1.165) is 5.56 Å². The zero-order valence-corrected chi connectivity index (χ0v) is 27.9. The number of ether oxygens (including phenoxy) is 2. The zero-order chi connectivity index (χ0) is 40.3. The van der Waals surface area contributed by atoms with Gasteiger partial charge in [-0.15, -0.1) is 0 Å². The van der Waals surface area contributed by atoms with E-state index in [0.29, 0.717) is 40.7 Å². The van der Waals surface area contributed by atoms with Crippen molar-refractivity contribution in [1.82, 2.24) is 9.97 Å². The number of aromatic amines is 1. The molecule has 1 unspecified atom stereocenters. The lowest BCUT2D eigenvalue weighted by Crippen LogP contribution is -2.21. The summed E-state index contributed by atoms with van der Waals surface area (Å²) in [6, 6.07) is 16.0. The van der Waals surface area contributed by atoms with Gasteiger partial charge in [0.15, 0.2) is 11.6 Å². The molecule has 0 radical (unpaired) electrons. The summed E-state index contributed by atoms with van der Waals surface area (Å²) in [4.78, 5) is 37.1. The van der Waals surface area contributed by atoms with Crippen LogP contribution in [0.2, 0.25) is 0 Å². The Hall–Kier alpha value is -6.34. The SMILES string of the molecule is CCOc1cc(OC(C)C)c(F)c(C(Nc2ccc(C(=N)N)cc2)c2nc(-c3ccc(C(N)=O)cc3)c[nH]2)c1.O=C(O)C(F)(F)F.O=C(O)C(F)(F)F. The van der Waals surface area contributed by atoms with Crippen molar-refractivity contribution in [3.8, 4) is 22.8 Å². The third kappa shape index (κ3) is 13.1. The number of aromatic nitrogens is 2. The molecule has 0 aliphatic heterocycles. The average Bonchev–Trinajstić information content (AvgIpc) is 3.55. The summed E-state index contributed by atoms with van der Waals surface area (Å²) < 4.78 is 90.9. The number of alkyl halides is 6. The first-order chi connectivity index (χ1) is 24.5. The summed E-state index contributed by atoms with van der Waals surface area (Å²) in [6.45, 7) is 5.88. The number of benzene rings is 3. The lowest BCUT2D eigenvalue weighted by molar-refractivity contribution is -0.193. The molecule has 0 saturated heterocycles. The molecular weight excluding hydrogens is 725 g/mol. The van der Waals surface area contributed by atoms with E-state index in [2.05, 4.69) is 10.3 Å². The van der Waals surface area contributed by atoms with E-state index in [1.807, 2.05) is 20.8 Å². The van der Waals surface area contributed by atoms with Crippen LogP contribution in [0.15, 0.2) is 66.9 Å². The highest BCUT2D eigenvalue weighted by Crippen LogP contribution is 2.36. The van der Waals surface area contributed by atoms with Gasteiger partial charge in [-0.25, -0.2) is 19.0 Å². The maximum absolute atomic E-state index is 16.0. The molecule has 20 heteroatoms. The molecule has 3 aromatic carbocycles. The van der Waals surface area contributed by atoms with Crippen LogP contribution in [0.4, 0.5) is 36.4 Å². The Balaban J connectivity index is 0.000000587. The van der Waals surface area contributed by atoms with Gasteiger partial charge in [-0.05, 0) is 63.2 Å². The topological polar surface area (TPSA) is 227 Å². The molecule has 1 heterocycles. The van der Waals surface area contributed by atoms with Crippen LogP contribution < -0.4 is 26.3 Å². The fourth-order valence-corrected chi connectivity index (χ4v) is 4.04. The van der Waals surface area contributed by atoms with Crippen LogP contribution in [0.3, 0.4) is 0 Å². The van der Waals surface area contributed by atoms with E-state index in [4.69, 9.17) is 51.1 Å². The number of amides is 1. The smallest absolute Gasteiger partial charge is 0.490 e. The third-order valence-corrected chi connectivity index (χ3v) is 6.35. The van der Waals surface area contributed by atoms with Crippen LogP contribution in [0.1, 0.15) is 54.1 Å². The van der Waals surface area contributed by atoms with E-state index in [9.17, 15) is 31.1 Å². The van der Waals surface area contributed by atoms with Crippen molar-refractivity contribution in [2.24, 2.45) is 11.5 Å². The van der Waals surface area contributed by atoms with Gasteiger partial charge in [-0.2, -0.15) is 26.3 Å². The maximum atomic E-state index is 16.0. The van der Waals surface area contributed by atoms with Crippen LogP contribution >= 0.6 is 0 Å². The van der Waals surface area contributed by atoms with Crippen molar-refractivity contribution in [1.29, 1.82) is 5.41 Å². The van der Waals surface area contributed by atoms with Crippen molar-refractivity contribution in [3.63, 3.8) is 0 Å². The van der Waals surface area contributed by atoms with E-state index >= 15 is 4.39 Å². The molecule has 53 heavy (non-hydrogen) atoms. The second-order valence-electron chi connectivity index (χ2n) is 10.7. The Morgan fingerprint density at radius 1 is 0.906 bits per heavy atom. The number of carbonyl (C=O) groups excluding carboxylic acids is 1. The van der Waals surface area contributed by atoms with Gasteiger partial charge in [0, 0.05) is 40.2 Å². The minimum atomic E-state index is -5.08. The van der Waals surface area contributed by atoms with Crippen molar-refractivity contribution in [2.75, 3.05) is 11.9 Å². The number of nitrogens with one attached hydrogen (secondary N) is 3. The number of rotatable bonds is 11. The standard InChI is InChI=1S/C29H31FN6O3.2C2HF3O2/c1-4-38-21-13-22(25(30)24(14-21)39-16(2)3)26(35-20-11-9-18(10-12-20)27(31)32)29-34-15-23(36-29)17-5-7-19(8-6-17)28(33)37;2*3-2(4,5)1(6)7/h5-16,26,35H,4H2,1-3H3,(H3,31,32)(H2,33,37)(H,34,36);2*(H,6,7). The Bertz CT molecular complexity index is 1860. The number of carboxylic acids is 2. The van der Waals surface area contributed by atoms with E-state index < -0.39 is 42.1 Å². The fourth-order valence-electron chi connectivity index (χ4n) is 4.04. The Kier molecular flexibility index (Phi) is 14.7. The first-order valence-electron chi connectivity index (χ1n) is 14.9. The fraction of sp³-hybridized carbons (Fsp3) is 0.242. The number of carbonyl (C=O) groups is 3. The summed E-state index contributed by atoms with van der Waals surface area (Å²) in [7, 11) is 0. The molecule has 0 bridgehead atoms. The molecular formula is C33H33F7N6O7. The Morgan fingerprint density at radius 3 is 1.85 bits per heavy atom. The number of amidine groups is 1. The van der Waals surface area contributed by atoms with Gasteiger partial charge < -0.3 is 41.5 Å². The van der Waals surface area contributed by atoms with Gasteiger partial charge in [0.05, 0.1) is 18.4 Å². The summed E-state index contributed by atoms with van der Waals surface area (Å²) in [6.07, 6.45) is -8.72. The minimum Gasteiger partial charge on any atom is -0.494 e. The summed E-state index contributed by atoms with van der Waals surface area (Å²) in [5.41, 5.74) is 14.2. The molecule has 9 N–H and O–H groups in total. The molecule has 13 nitrogen and oxygen atoms in total. The van der Waals surface area contributed by atoms with Gasteiger partial charge in [-0.3, -0.25) is 10.2 Å². The largest absolute Gasteiger partial charge is 0.494 e. The quantitative estimate of drug-likeness (QED) is 0.0517. The van der Waals surface area contributed by atoms with Gasteiger partial charge in [0.1, 0.15) is 23.5 Å². The molecule has 0 spiro atoms. The molecule has 1 amide bonds. The number of aliphatic carboxylic acids is 2. The summed E-state index contributed by atoms with van der Waals surface area (Å²) in [5.74, 6) is -5.68. The zero-order valence-electron chi connectivity index (χ0n) is 27.9. The van der Waals surface area contributed by atoms with Crippen LogP contribution in [-0.4, -0.2) is 68.9 Å². The number of anilines is 1. The van der Waals surface area contributed by atoms with Crippen molar-refractivity contribution in [2.45, 2.75) is 45.3 Å². The number of H-pyrrole nitrogens is 1. The van der Waals surface area contributed by atoms with E-state index in [1.54, 1.807) is 60.8 Å². The first-order valence-corrected chi connectivity index (χ1v) is 14.9. The number of hydrogen-bond acceptors (Lipinski definition) is 8. The second kappa shape index (κ2) is 18.2. The predicted molar refractivity (Wildman–Crippen MR) is 176 cm³/mol. The molecule has 1 atom stereocenters. The van der Waals surface area contributed by atoms with Gasteiger partial charge in [0.25, 0.3) is 0 Å². The predicted octanol–water partition coefficient (Wildman–Crippen LogP) is 6.25. The molecule has 4 rings (SSSR count). The highest BCUT2D eigenvalue weighted by molar-refractivity contribution is 5.95. The summed E-state index contributed by atoms with van der Waals surface area (Å²) >= 11 is 0. The van der Waals surface area contributed by atoms with Crippen LogP contribution in [0, 0.1) is 11.2 Å². The molecule has 286 valence electrons. The molecule has 1 aromatic heterocycles. The number of imidazole rings is 1. The maximum Gasteiger partial charge on any atom is 0.490 e. The second-order valence-corrected chi connectivity index (χ2v) is 10.7. The molecule has 4 aromatic rings. The lowest BCUT2D eigenvalue weighted by atomic mass is 10.0. The molecule has 0 aliphatic carbocycles. The third-order valence-electron chi connectivity index (χ3n) is 6.35. The monoisotopic (exact) mass is 758 g/mol. The highest BCUT2D eigenvalue weighted by atomic mass is 19.4. The Morgan fingerprint density at radius 2 is 1.42 bits per heavy atom. The van der Waals surface area contributed by atoms with Crippen LogP contribution in [0.5, 0.6) is 11.5 Å². The number of halogens is 7. The average molecular weight is 759 g/mol. The van der Waals surface area contributed by atoms with Crippen LogP contribution in [0.25, 0.3) is 11.3 Å². The number of nitrogens with two attached hydrogens (primary N) is 2. The van der Waals surface area contributed by atoms with Gasteiger partial charge in [0.2, 0.25) is 5.91 Å². The van der Waals surface area contributed by atoms with Gasteiger partial charge >= 0.3 is 24.3 Å². The van der Waals surface area contributed by atoms with Crippen LogP contribution in [-0.2, 0) is 9.59 Å². The molecule has 0 fully saturated rings. The van der Waals surface area contributed by atoms with Gasteiger partial charge in [-0.1, -0.05) is 12.1 Å².